The third-order valence-electron chi connectivity index (χ3n) is 7.36. The van der Waals surface area contributed by atoms with Gasteiger partial charge in [-0.05, 0) is 58.2 Å². The molecule has 170 valence electrons. The van der Waals surface area contributed by atoms with Crippen molar-refractivity contribution < 1.29 is 9.53 Å². The second-order valence-electron chi connectivity index (χ2n) is 9.51. The van der Waals surface area contributed by atoms with Crippen LogP contribution in [0, 0.1) is 6.92 Å². The molecule has 0 bridgehead atoms. The van der Waals surface area contributed by atoms with Crippen molar-refractivity contribution in [2.75, 3.05) is 19.8 Å². The molecule has 5 rings (SSSR count). The second-order valence-corrected chi connectivity index (χ2v) is 9.51. The number of hydrogen-bond acceptors (Lipinski definition) is 4. The number of aromatic nitrogens is 2. The highest BCUT2D eigenvalue weighted by atomic mass is 16.5. The molecule has 2 aliphatic rings. The zero-order valence-electron chi connectivity index (χ0n) is 19.1. The van der Waals surface area contributed by atoms with E-state index in [1.54, 1.807) is 0 Å². The molecule has 2 N–H and O–H groups in total. The van der Waals surface area contributed by atoms with E-state index in [1.165, 1.54) is 0 Å². The molecule has 7 nitrogen and oxygen atoms in total. The molecule has 2 aliphatic heterocycles. The maximum absolute atomic E-state index is 14.0. The van der Waals surface area contributed by atoms with Gasteiger partial charge in [0.15, 0.2) is 0 Å². The van der Waals surface area contributed by atoms with E-state index < -0.39 is 5.91 Å². The minimum Gasteiger partial charge on any atom is -0.379 e. The number of amides is 1. The lowest BCUT2D eigenvalue weighted by Crippen LogP contribution is -2.41. The van der Waals surface area contributed by atoms with Crippen molar-refractivity contribution in [3.63, 3.8) is 0 Å². The summed E-state index contributed by atoms with van der Waals surface area (Å²) in [5.74, 6) is -0.493. The van der Waals surface area contributed by atoms with Crippen LogP contribution in [-0.4, -0.2) is 51.6 Å². The van der Waals surface area contributed by atoms with Gasteiger partial charge in [0.1, 0.15) is 11.2 Å². The predicted molar refractivity (Wildman–Crippen MR) is 125 cm³/mol. The highest BCUT2D eigenvalue weighted by Crippen LogP contribution is 2.31. The van der Waals surface area contributed by atoms with E-state index in [0.717, 1.165) is 48.0 Å². The fourth-order valence-electron chi connectivity index (χ4n) is 5.91. The summed E-state index contributed by atoms with van der Waals surface area (Å²) in [6.07, 6.45) is 3.57. The molecule has 7 heteroatoms. The lowest BCUT2D eigenvalue weighted by molar-refractivity contribution is 0.0991. The molecular weight excluding hydrogens is 404 g/mol. The first kappa shape index (κ1) is 21.2. The van der Waals surface area contributed by atoms with Crippen molar-refractivity contribution in [2.24, 2.45) is 5.73 Å². The van der Waals surface area contributed by atoms with Crippen molar-refractivity contribution in [1.82, 2.24) is 13.9 Å². The molecule has 32 heavy (non-hydrogen) atoms. The number of nitrogens with zero attached hydrogens (tertiary/aromatic N) is 3. The van der Waals surface area contributed by atoms with Gasteiger partial charge < -0.3 is 15.0 Å². The van der Waals surface area contributed by atoms with E-state index >= 15 is 0 Å². The molecule has 4 heterocycles. The summed E-state index contributed by atoms with van der Waals surface area (Å²) < 4.78 is 9.34. The summed E-state index contributed by atoms with van der Waals surface area (Å²) in [6, 6.07) is 8.47. The van der Waals surface area contributed by atoms with Crippen LogP contribution < -0.4 is 11.3 Å². The monoisotopic (exact) mass is 436 g/mol. The zero-order chi connectivity index (χ0) is 22.6. The van der Waals surface area contributed by atoms with E-state index in [0.29, 0.717) is 36.9 Å². The van der Waals surface area contributed by atoms with Gasteiger partial charge in [-0.25, -0.2) is 0 Å². The number of nitrogens with two attached hydrogens (primary N) is 1. The molecule has 0 spiro atoms. The van der Waals surface area contributed by atoms with Crippen molar-refractivity contribution in [3.05, 3.63) is 51.6 Å². The number of aryl methyl sites for hydroxylation is 1. The van der Waals surface area contributed by atoms with Gasteiger partial charge in [-0.1, -0.05) is 18.2 Å². The third kappa shape index (κ3) is 3.18. The van der Waals surface area contributed by atoms with Gasteiger partial charge >= 0.3 is 0 Å². The summed E-state index contributed by atoms with van der Waals surface area (Å²) >= 11 is 0. The Balaban J connectivity index is 1.85. The van der Waals surface area contributed by atoms with Crippen molar-refractivity contribution in [1.29, 1.82) is 0 Å². The number of likely N-dealkylation sites (tertiary alicyclic amines) is 1. The minimum absolute atomic E-state index is 0.0525. The maximum Gasteiger partial charge on any atom is 0.275 e. The Bertz CT molecular complexity index is 1250. The van der Waals surface area contributed by atoms with Gasteiger partial charge in [0.05, 0.1) is 23.9 Å². The Morgan fingerprint density at radius 3 is 2.72 bits per heavy atom. The first-order chi connectivity index (χ1) is 15.4. The molecule has 0 radical (unpaired) electrons. The zero-order valence-corrected chi connectivity index (χ0v) is 19.1. The molecule has 2 saturated heterocycles. The summed E-state index contributed by atoms with van der Waals surface area (Å²) in [4.78, 5) is 29.5. The number of carbonyl (C=O) groups excluding carboxylic acids is 1. The number of primary amides is 1. The van der Waals surface area contributed by atoms with Crippen LogP contribution in [-0.2, 0) is 11.2 Å². The van der Waals surface area contributed by atoms with Gasteiger partial charge in [-0.3, -0.25) is 18.9 Å². The van der Waals surface area contributed by atoms with Crippen LogP contribution in [0.3, 0.4) is 0 Å². The summed E-state index contributed by atoms with van der Waals surface area (Å²) in [6.45, 7) is 8.51. The molecule has 2 atom stereocenters. The average Bonchev–Trinajstić information content (AvgIpc) is 3.49. The van der Waals surface area contributed by atoms with Crippen molar-refractivity contribution in [3.8, 4) is 0 Å². The van der Waals surface area contributed by atoms with Gasteiger partial charge in [-0.2, -0.15) is 0 Å². The lowest BCUT2D eigenvalue weighted by Gasteiger charge is -2.30. The van der Waals surface area contributed by atoms with Gasteiger partial charge in [0.25, 0.3) is 11.5 Å². The molecule has 0 unspecified atom stereocenters. The van der Waals surface area contributed by atoms with Crippen molar-refractivity contribution in [2.45, 2.75) is 64.6 Å². The molecule has 1 aromatic carbocycles. The first-order valence-corrected chi connectivity index (χ1v) is 11.7. The topological polar surface area (TPSA) is 82.0 Å². The molecule has 2 fully saturated rings. The van der Waals surface area contributed by atoms with Crippen LogP contribution >= 0.6 is 0 Å². The molecule has 0 saturated carbocycles. The Morgan fingerprint density at radius 1 is 1.25 bits per heavy atom. The number of para-hydroxylation sites is 1. The minimum atomic E-state index is -0.493. The van der Waals surface area contributed by atoms with Crippen LogP contribution in [0.5, 0.6) is 0 Å². The van der Waals surface area contributed by atoms with E-state index in [1.807, 2.05) is 40.2 Å². The molecule has 1 amide bonds. The summed E-state index contributed by atoms with van der Waals surface area (Å²) in [7, 11) is 0. The number of hydrogen-bond donors (Lipinski definition) is 1. The molecule has 3 aromatic rings. The van der Waals surface area contributed by atoms with Crippen LogP contribution in [0.2, 0.25) is 0 Å². The van der Waals surface area contributed by atoms with Gasteiger partial charge in [0.2, 0.25) is 0 Å². The summed E-state index contributed by atoms with van der Waals surface area (Å²) in [5.41, 5.74) is 9.47. The van der Waals surface area contributed by atoms with Crippen LogP contribution in [0.4, 0.5) is 0 Å². The number of carbonyl (C=O) groups is 1. The quantitative estimate of drug-likeness (QED) is 0.667. The number of rotatable bonds is 5. The number of benzene rings is 1. The lowest BCUT2D eigenvalue weighted by atomic mass is 10.0. The maximum atomic E-state index is 14.0. The SMILES string of the molecule is Cc1c2ccccc2n2c(C(N)=O)c(C[C@@H]3CCCN3C(C)C)n([C@H]3CCOC3)c(=O)c12. The Hall–Kier alpha value is -2.64. The second kappa shape index (κ2) is 8.05. The number of fused-ring (bicyclic) bond motifs is 3. The van der Waals surface area contributed by atoms with E-state index in [9.17, 15) is 9.59 Å². The Morgan fingerprint density at radius 2 is 2.03 bits per heavy atom. The first-order valence-electron chi connectivity index (χ1n) is 11.7. The van der Waals surface area contributed by atoms with Gasteiger partial charge in [0, 0.05) is 30.5 Å². The number of ether oxygens (including phenoxy) is 1. The molecule has 0 aliphatic carbocycles. The molecule has 2 aromatic heterocycles. The van der Waals surface area contributed by atoms with Crippen LogP contribution in [0.15, 0.2) is 29.1 Å². The third-order valence-corrected chi connectivity index (χ3v) is 7.36. The van der Waals surface area contributed by atoms with E-state index in [2.05, 4.69) is 18.7 Å². The van der Waals surface area contributed by atoms with Crippen LogP contribution in [0.1, 0.15) is 60.9 Å². The normalized spacial score (nSPS) is 22.0. The fraction of sp³-hybridized carbons (Fsp3) is 0.520. The Kier molecular flexibility index (Phi) is 5.34. The summed E-state index contributed by atoms with van der Waals surface area (Å²) in [5, 5.41) is 0.975. The van der Waals surface area contributed by atoms with Crippen molar-refractivity contribution >= 4 is 22.3 Å². The Labute approximate surface area is 187 Å². The fourth-order valence-corrected chi connectivity index (χ4v) is 5.91. The largest absolute Gasteiger partial charge is 0.379 e. The predicted octanol–water partition coefficient (Wildman–Crippen LogP) is 3.04. The van der Waals surface area contributed by atoms with E-state index in [-0.39, 0.29) is 17.6 Å². The smallest absolute Gasteiger partial charge is 0.275 e. The average molecular weight is 437 g/mol. The van der Waals surface area contributed by atoms with Gasteiger partial charge in [-0.15, -0.1) is 0 Å². The molecular formula is C25H32N4O3. The highest BCUT2D eigenvalue weighted by molar-refractivity contribution is 5.99. The standard InChI is InChI=1S/C25H32N4O3/c1-15(2)27-11-6-7-17(27)13-21-23(24(26)30)29-20-9-5-4-8-19(20)16(3)22(29)25(31)28(21)18-10-12-32-14-18/h4-5,8-9,15,17-18H,6-7,10-14H2,1-3H3,(H2,26,30)/t17-,18-/m0/s1. The van der Waals surface area contributed by atoms with Crippen LogP contribution in [0.25, 0.3) is 16.4 Å². The van der Waals surface area contributed by atoms with E-state index in [4.69, 9.17) is 10.5 Å². The highest BCUT2D eigenvalue weighted by Gasteiger charge is 2.33.